The predicted molar refractivity (Wildman–Crippen MR) is 106 cm³/mol. The van der Waals surface area contributed by atoms with Gasteiger partial charge in [0.05, 0.1) is 0 Å². The topological polar surface area (TPSA) is 37.4 Å². The summed E-state index contributed by atoms with van der Waals surface area (Å²) >= 11 is 0. The molecule has 3 heteroatoms. The van der Waals surface area contributed by atoms with E-state index in [1.807, 2.05) is 0 Å². The van der Waals surface area contributed by atoms with Crippen LogP contribution in [0.4, 0.5) is 0 Å². The number of carbonyl (C=O) groups excluding carboxylic acids is 2. The third-order valence-corrected chi connectivity index (χ3v) is 7.23. The fourth-order valence-corrected chi connectivity index (χ4v) is 5.58. The molecule has 2 aliphatic carbocycles. The molecule has 0 aromatic heterocycles. The minimum atomic E-state index is 0.363. The molecule has 0 N–H and O–H groups in total. The molecule has 0 aromatic rings. The number of rotatable bonds is 8. The van der Waals surface area contributed by atoms with Crippen molar-refractivity contribution in [2.24, 2.45) is 17.8 Å². The lowest BCUT2D eigenvalue weighted by atomic mass is 9.75. The Balaban J connectivity index is 1.24. The van der Waals surface area contributed by atoms with Crippen molar-refractivity contribution in [2.75, 3.05) is 13.1 Å². The van der Waals surface area contributed by atoms with Gasteiger partial charge in [-0.2, -0.15) is 0 Å². The summed E-state index contributed by atoms with van der Waals surface area (Å²) in [6.07, 6.45) is 18.4. The van der Waals surface area contributed by atoms with E-state index < -0.39 is 0 Å². The van der Waals surface area contributed by atoms with E-state index in [1.54, 1.807) is 0 Å². The second-order valence-corrected chi connectivity index (χ2v) is 9.24. The minimum absolute atomic E-state index is 0.363. The van der Waals surface area contributed by atoms with Crippen LogP contribution in [0.15, 0.2) is 0 Å². The van der Waals surface area contributed by atoms with Gasteiger partial charge >= 0.3 is 0 Å². The van der Waals surface area contributed by atoms with Crippen LogP contribution in [0.2, 0.25) is 0 Å². The molecule has 148 valence electrons. The molecule has 0 spiro atoms. The van der Waals surface area contributed by atoms with Gasteiger partial charge in [0.2, 0.25) is 5.91 Å². The first kappa shape index (κ1) is 19.9. The molecule has 0 radical (unpaired) electrons. The zero-order valence-corrected chi connectivity index (χ0v) is 16.7. The van der Waals surface area contributed by atoms with Gasteiger partial charge in [-0.25, -0.2) is 0 Å². The van der Waals surface area contributed by atoms with Crippen LogP contribution in [-0.2, 0) is 9.59 Å². The van der Waals surface area contributed by atoms with Gasteiger partial charge in [-0.3, -0.25) is 9.59 Å². The van der Waals surface area contributed by atoms with Crippen LogP contribution in [0, 0.1) is 17.8 Å². The van der Waals surface area contributed by atoms with Crippen molar-refractivity contribution in [3.05, 3.63) is 0 Å². The number of hydrogen-bond donors (Lipinski definition) is 0. The average molecular weight is 362 g/mol. The molecule has 26 heavy (non-hydrogen) atoms. The quantitative estimate of drug-likeness (QED) is 0.534. The number of ketones is 1. The van der Waals surface area contributed by atoms with Crippen LogP contribution in [0.5, 0.6) is 0 Å². The number of likely N-dealkylation sites (tertiary alicyclic amines) is 1. The van der Waals surface area contributed by atoms with Crippen LogP contribution in [-0.4, -0.2) is 29.7 Å². The van der Waals surface area contributed by atoms with Crippen molar-refractivity contribution in [1.29, 1.82) is 0 Å². The van der Waals surface area contributed by atoms with Crippen LogP contribution >= 0.6 is 0 Å². The molecule has 1 saturated heterocycles. The van der Waals surface area contributed by atoms with Crippen molar-refractivity contribution >= 4 is 11.7 Å². The second kappa shape index (κ2) is 10.5. The summed E-state index contributed by atoms with van der Waals surface area (Å²) in [6.45, 7) is 2.00. The zero-order valence-electron chi connectivity index (χ0n) is 16.7. The molecular formula is C23H39NO2. The van der Waals surface area contributed by atoms with E-state index in [4.69, 9.17) is 0 Å². The third-order valence-electron chi connectivity index (χ3n) is 7.23. The minimum Gasteiger partial charge on any atom is -0.342 e. The van der Waals surface area contributed by atoms with Crippen LogP contribution in [0.25, 0.3) is 0 Å². The molecular weight excluding hydrogens is 322 g/mol. The van der Waals surface area contributed by atoms with E-state index in [9.17, 15) is 9.59 Å². The molecule has 1 aliphatic heterocycles. The SMILES string of the molecule is O=C(CCCCCC(=O)N1CCC2CCCCC2C1)CC1CCCCC1. The first-order valence-electron chi connectivity index (χ1n) is 11.5. The van der Waals surface area contributed by atoms with E-state index in [-0.39, 0.29) is 0 Å². The fraction of sp³-hybridized carbons (Fsp3) is 0.913. The summed E-state index contributed by atoms with van der Waals surface area (Å²) in [5.41, 5.74) is 0. The number of carbonyl (C=O) groups is 2. The third kappa shape index (κ3) is 6.09. The van der Waals surface area contributed by atoms with Crippen molar-refractivity contribution in [3.63, 3.8) is 0 Å². The highest BCUT2D eigenvalue weighted by Crippen LogP contribution is 2.36. The number of Topliss-reactive ketones (excluding diaryl/α,β-unsaturated/α-hetero) is 1. The summed E-state index contributed by atoms with van der Waals surface area (Å²) in [5, 5.41) is 0. The summed E-state index contributed by atoms with van der Waals surface area (Å²) in [7, 11) is 0. The van der Waals surface area contributed by atoms with E-state index >= 15 is 0 Å². The molecule has 2 saturated carbocycles. The Labute approximate surface area is 160 Å². The molecule has 0 bridgehead atoms. The highest BCUT2D eigenvalue weighted by Gasteiger charge is 2.32. The van der Waals surface area contributed by atoms with Crippen molar-refractivity contribution < 1.29 is 9.59 Å². The molecule has 3 aliphatic rings. The van der Waals surface area contributed by atoms with Gasteiger partial charge in [0.15, 0.2) is 0 Å². The number of piperidine rings is 1. The summed E-state index contributed by atoms with van der Waals surface area (Å²) in [4.78, 5) is 26.7. The Morgan fingerprint density at radius 2 is 1.42 bits per heavy atom. The lowest BCUT2D eigenvalue weighted by Crippen LogP contribution is -2.44. The standard InChI is InChI=1S/C23H39NO2/c25-22(17-19-9-3-1-4-10-19)13-5-2-6-14-23(26)24-16-15-20-11-7-8-12-21(20)18-24/h19-21H,1-18H2. The lowest BCUT2D eigenvalue weighted by Gasteiger charge is -2.41. The highest BCUT2D eigenvalue weighted by molar-refractivity contribution is 5.78. The van der Waals surface area contributed by atoms with Crippen LogP contribution in [0.3, 0.4) is 0 Å². The van der Waals surface area contributed by atoms with Gasteiger partial charge in [-0.1, -0.05) is 57.8 Å². The number of amides is 1. The number of unbranched alkanes of at least 4 members (excludes halogenated alkanes) is 2. The predicted octanol–water partition coefficient (Wildman–Crippen LogP) is 5.52. The second-order valence-electron chi connectivity index (χ2n) is 9.24. The van der Waals surface area contributed by atoms with Crippen LogP contribution in [0.1, 0.15) is 103 Å². The molecule has 2 atom stereocenters. The first-order chi connectivity index (χ1) is 12.7. The Kier molecular flexibility index (Phi) is 8.01. The maximum atomic E-state index is 12.5. The molecule has 1 heterocycles. The number of fused-ring (bicyclic) bond motifs is 1. The Morgan fingerprint density at radius 1 is 0.731 bits per heavy atom. The first-order valence-corrected chi connectivity index (χ1v) is 11.5. The van der Waals surface area contributed by atoms with E-state index in [0.29, 0.717) is 24.0 Å². The molecule has 2 unspecified atom stereocenters. The Bertz CT molecular complexity index is 455. The van der Waals surface area contributed by atoms with Gasteiger partial charge in [0, 0.05) is 32.4 Å². The summed E-state index contributed by atoms with van der Waals surface area (Å²) < 4.78 is 0. The summed E-state index contributed by atoms with van der Waals surface area (Å²) in [5.74, 6) is 3.16. The Morgan fingerprint density at radius 3 is 2.23 bits per heavy atom. The fourth-order valence-electron chi connectivity index (χ4n) is 5.58. The van der Waals surface area contributed by atoms with E-state index in [1.165, 1.54) is 64.2 Å². The van der Waals surface area contributed by atoms with Gasteiger partial charge in [-0.05, 0) is 43.4 Å². The molecule has 0 aromatic carbocycles. The average Bonchev–Trinajstić information content (AvgIpc) is 2.68. The van der Waals surface area contributed by atoms with Crippen molar-refractivity contribution in [1.82, 2.24) is 4.90 Å². The maximum Gasteiger partial charge on any atom is 0.222 e. The normalized spacial score (nSPS) is 27.2. The monoisotopic (exact) mass is 361 g/mol. The molecule has 3 nitrogen and oxygen atoms in total. The van der Waals surface area contributed by atoms with Gasteiger partial charge < -0.3 is 4.90 Å². The van der Waals surface area contributed by atoms with Crippen molar-refractivity contribution in [2.45, 2.75) is 103 Å². The zero-order chi connectivity index (χ0) is 18.2. The Hall–Kier alpha value is -0.860. The van der Waals surface area contributed by atoms with Gasteiger partial charge in [0.25, 0.3) is 0 Å². The van der Waals surface area contributed by atoms with Crippen LogP contribution < -0.4 is 0 Å². The largest absolute Gasteiger partial charge is 0.342 e. The molecule has 3 rings (SSSR count). The van der Waals surface area contributed by atoms with E-state index in [2.05, 4.69) is 4.90 Å². The van der Waals surface area contributed by atoms with E-state index in [0.717, 1.165) is 57.0 Å². The lowest BCUT2D eigenvalue weighted by molar-refractivity contribution is -0.134. The van der Waals surface area contributed by atoms with Gasteiger partial charge in [-0.15, -0.1) is 0 Å². The summed E-state index contributed by atoms with van der Waals surface area (Å²) in [6, 6.07) is 0. The highest BCUT2D eigenvalue weighted by atomic mass is 16.2. The number of hydrogen-bond acceptors (Lipinski definition) is 2. The molecule has 1 amide bonds. The van der Waals surface area contributed by atoms with Gasteiger partial charge in [0.1, 0.15) is 5.78 Å². The smallest absolute Gasteiger partial charge is 0.222 e. The number of nitrogens with zero attached hydrogens (tertiary/aromatic N) is 1. The van der Waals surface area contributed by atoms with Crippen molar-refractivity contribution in [3.8, 4) is 0 Å². The molecule has 3 fully saturated rings. The maximum absolute atomic E-state index is 12.5.